The van der Waals surface area contributed by atoms with Gasteiger partial charge in [0.25, 0.3) is 0 Å². The summed E-state index contributed by atoms with van der Waals surface area (Å²) in [6.45, 7) is 7.56. The van der Waals surface area contributed by atoms with Crippen LogP contribution in [0.15, 0.2) is 30.6 Å². The lowest BCUT2D eigenvalue weighted by Crippen LogP contribution is -2.23. The van der Waals surface area contributed by atoms with E-state index in [0.29, 0.717) is 0 Å². The highest BCUT2D eigenvalue weighted by molar-refractivity contribution is 5.39. The van der Waals surface area contributed by atoms with Gasteiger partial charge in [0, 0.05) is 18.8 Å². The highest BCUT2D eigenvalue weighted by Crippen LogP contribution is 2.26. The summed E-state index contributed by atoms with van der Waals surface area (Å²) < 4.78 is 1.86. The Morgan fingerprint density at radius 1 is 1.32 bits per heavy atom. The van der Waals surface area contributed by atoms with Crippen LogP contribution in [0.4, 0.5) is 0 Å². The van der Waals surface area contributed by atoms with Crippen molar-refractivity contribution in [2.45, 2.75) is 33.2 Å². The molecule has 0 aliphatic heterocycles. The lowest BCUT2D eigenvalue weighted by Gasteiger charge is -2.20. The molecule has 0 spiro atoms. The number of aryl methyl sites for hydroxylation is 2. The highest BCUT2D eigenvalue weighted by Gasteiger charge is 2.17. The van der Waals surface area contributed by atoms with Crippen LogP contribution in [0.25, 0.3) is 0 Å². The van der Waals surface area contributed by atoms with Gasteiger partial charge in [-0.2, -0.15) is 5.10 Å². The molecule has 0 radical (unpaired) electrons. The van der Waals surface area contributed by atoms with Gasteiger partial charge >= 0.3 is 0 Å². The van der Waals surface area contributed by atoms with E-state index < -0.39 is 0 Å². The number of benzene rings is 1. The molecule has 0 fully saturated rings. The quantitative estimate of drug-likeness (QED) is 0.892. The molecule has 19 heavy (non-hydrogen) atoms. The average Bonchev–Trinajstić information content (AvgIpc) is 2.81. The fourth-order valence-electron chi connectivity index (χ4n) is 2.37. The van der Waals surface area contributed by atoms with Crippen LogP contribution >= 0.6 is 0 Å². The Hall–Kier alpha value is -1.61. The first-order valence-electron chi connectivity index (χ1n) is 6.91. The molecule has 3 heteroatoms. The molecule has 1 unspecified atom stereocenters. The van der Waals surface area contributed by atoms with Gasteiger partial charge in [-0.25, -0.2) is 0 Å². The van der Waals surface area contributed by atoms with Gasteiger partial charge in [-0.15, -0.1) is 0 Å². The Morgan fingerprint density at radius 3 is 2.74 bits per heavy atom. The van der Waals surface area contributed by atoms with Crippen LogP contribution in [0.2, 0.25) is 0 Å². The van der Waals surface area contributed by atoms with Gasteiger partial charge in [0.1, 0.15) is 0 Å². The summed E-state index contributed by atoms with van der Waals surface area (Å²) in [5.41, 5.74) is 5.27. The van der Waals surface area contributed by atoms with E-state index in [2.05, 4.69) is 55.6 Å². The molecule has 1 atom stereocenters. The fourth-order valence-corrected chi connectivity index (χ4v) is 2.37. The van der Waals surface area contributed by atoms with Crippen molar-refractivity contribution in [2.24, 2.45) is 7.05 Å². The van der Waals surface area contributed by atoms with E-state index in [1.54, 1.807) is 0 Å². The number of aromatic nitrogens is 2. The predicted molar refractivity (Wildman–Crippen MR) is 79.3 cm³/mol. The lowest BCUT2D eigenvalue weighted by molar-refractivity contribution is 0.595. The van der Waals surface area contributed by atoms with E-state index in [9.17, 15) is 0 Å². The standard InChI is InChI=1S/C16H23N3/c1-5-9-17-16(14-10-18-19(4)11-14)15-8-6-7-12(2)13(15)3/h6-8,10-11,16-17H,5,9H2,1-4H3. The van der Waals surface area contributed by atoms with Crippen LogP contribution in [0.1, 0.15) is 41.6 Å². The first-order valence-corrected chi connectivity index (χ1v) is 6.91. The fraction of sp³-hybridized carbons (Fsp3) is 0.438. The van der Waals surface area contributed by atoms with Crippen molar-refractivity contribution < 1.29 is 0 Å². The van der Waals surface area contributed by atoms with Crippen molar-refractivity contribution in [2.75, 3.05) is 6.54 Å². The summed E-state index contributed by atoms with van der Waals surface area (Å²) in [4.78, 5) is 0. The molecule has 0 aliphatic rings. The molecule has 0 bridgehead atoms. The van der Waals surface area contributed by atoms with E-state index in [1.807, 2.05) is 17.9 Å². The topological polar surface area (TPSA) is 29.9 Å². The molecule has 1 heterocycles. The maximum absolute atomic E-state index is 4.30. The van der Waals surface area contributed by atoms with E-state index >= 15 is 0 Å². The molecule has 1 aromatic carbocycles. The Labute approximate surface area is 115 Å². The second kappa shape index (κ2) is 6.02. The molecule has 0 saturated heterocycles. The van der Waals surface area contributed by atoms with Crippen LogP contribution in [-0.2, 0) is 7.05 Å². The average molecular weight is 257 g/mol. The summed E-state index contributed by atoms with van der Waals surface area (Å²) in [6.07, 6.45) is 5.17. The smallest absolute Gasteiger partial charge is 0.0610 e. The van der Waals surface area contributed by atoms with Gasteiger partial charge in [0.15, 0.2) is 0 Å². The third-order valence-corrected chi connectivity index (χ3v) is 3.61. The summed E-state index contributed by atoms with van der Waals surface area (Å²) in [6, 6.07) is 6.74. The molecule has 1 aromatic heterocycles. The monoisotopic (exact) mass is 257 g/mol. The summed E-state index contributed by atoms with van der Waals surface area (Å²) >= 11 is 0. The van der Waals surface area contributed by atoms with Crippen LogP contribution in [0.5, 0.6) is 0 Å². The Balaban J connectivity index is 2.39. The van der Waals surface area contributed by atoms with Gasteiger partial charge < -0.3 is 5.32 Å². The van der Waals surface area contributed by atoms with Crippen LogP contribution in [-0.4, -0.2) is 16.3 Å². The van der Waals surface area contributed by atoms with Crippen molar-refractivity contribution in [1.29, 1.82) is 0 Å². The molecule has 0 saturated carbocycles. The second-order valence-corrected chi connectivity index (χ2v) is 5.12. The SMILES string of the molecule is CCCNC(c1cnn(C)c1)c1cccc(C)c1C. The molecule has 0 amide bonds. The number of hydrogen-bond donors (Lipinski definition) is 1. The minimum atomic E-state index is 0.230. The Kier molecular flexibility index (Phi) is 4.38. The first-order chi connectivity index (χ1) is 9.13. The van der Waals surface area contributed by atoms with Crippen molar-refractivity contribution in [3.05, 3.63) is 52.8 Å². The Bertz CT molecular complexity index is 543. The molecule has 3 nitrogen and oxygen atoms in total. The zero-order valence-electron chi connectivity index (χ0n) is 12.3. The molecular weight excluding hydrogens is 234 g/mol. The van der Waals surface area contributed by atoms with Gasteiger partial charge in [-0.1, -0.05) is 25.1 Å². The van der Waals surface area contributed by atoms with Gasteiger partial charge in [0.05, 0.1) is 12.2 Å². The highest BCUT2D eigenvalue weighted by atomic mass is 15.2. The molecule has 0 aliphatic carbocycles. The zero-order chi connectivity index (χ0) is 13.8. The van der Waals surface area contributed by atoms with E-state index in [0.717, 1.165) is 13.0 Å². The van der Waals surface area contributed by atoms with E-state index in [4.69, 9.17) is 0 Å². The normalized spacial score (nSPS) is 12.6. The molecular formula is C16H23N3. The van der Waals surface area contributed by atoms with Crippen molar-refractivity contribution in [1.82, 2.24) is 15.1 Å². The van der Waals surface area contributed by atoms with Gasteiger partial charge in [0.2, 0.25) is 0 Å². The van der Waals surface area contributed by atoms with Crippen molar-refractivity contribution >= 4 is 0 Å². The van der Waals surface area contributed by atoms with Gasteiger partial charge in [-0.05, 0) is 43.5 Å². The molecule has 2 aromatic rings. The van der Waals surface area contributed by atoms with Gasteiger partial charge in [-0.3, -0.25) is 4.68 Å². The number of nitrogens with zero attached hydrogens (tertiary/aromatic N) is 2. The third-order valence-electron chi connectivity index (χ3n) is 3.61. The number of hydrogen-bond acceptors (Lipinski definition) is 2. The maximum atomic E-state index is 4.30. The summed E-state index contributed by atoms with van der Waals surface area (Å²) in [7, 11) is 1.96. The van der Waals surface area contributed by atoms with Crippen molar-refractivity contribution in [3.63, 3.8) is 0 Å². The molecule has 1 N–H and O–H groups in total. The first kappa shape index (κ1) is 13.8. The lowest BCUT2D eigenvalue weighted by atomic mass is 9.94. The van der Waals surface area contributed by atoms with Crippen LogP contribution in [0.3, 0.4) is 0 Å². The minimum absolute atomic E-state index is 0.230. The summed E-state index contributed by atoms with van der Waals surface area (Å²) in [5.74, 6) is 0. The third kappa shape index (κ3) is 3.04. The molecule has 2 rings (SSSR count). The van der Waals surface area contributed by atoms with E-state index in [-0.39, 0.29) is 6.04 Å². The number of rotatable bonds is 5. The maximum Gasteiger partial charge on any atom is 0.0610 e. The zero-order valence-corrected chi connectivity index (χ0v) is 12.3. The summed E-state index contributed by atoms with van der Waals surface area (Å²) in [5, 5.41) is 7.93. The second-order valence-electron chi connectivity index (χ2n) is 5.12. The minimum Gasteiger partial charge on any atom is -0.306 e. The Morgan fingerprint density at radius 2 is 2.11 bits per heavy atom. The van der Waals surface area contributed by atoms with E-state index in [1.165, 1.54) is 22.3 Å². The van der Waals surface area contributed by atoms with Crippen LogP contribution < -0.4 is 5.32 Å². The number of nitrogens with one attached hydrogen (secondary N) is 1. The largest absolute Gasteiger partial charge is 0.306 e. The van der Waals surface area contributed by atoms with Crippen LogP contribution in [0, 0.1) is 13.8 Å². The molecule has 102 valence electrons. The van der Waals surface area contributed by atoms with Crippen molar-refractivity contribution in [3.8, 4) is 0 Å². The predicted octanol–water partition coefficient (Wildman–Crippen LogP) is 3.13.